The Labute approximate surface area is 123 Å². The lowest BCUT2D eigenvalue weighted by molar-refractivity contribution is 0.100. The summed E-state index contributed by atoms with van der Waals surface area (Å²) in [7, 11) is 0. The summed E-state index contributed by atoms with van der Waals surface area (Å²) in [6.07, 6.45) is 6.60. The largest absolute Gasteiger partial charge is 0.388 e. The van der Waals surface area contributed by atoms with Gasteiger partial charge in [-0.2, -0.15) is 0 Å². The zero-order valence-electron chi connectivity index (χ0n) is 11.7. The van der Waals surface area contributed by atoms with Gasteiger partial charge in [0.15, 0.2) is 0 Å². The summed E-state index contributed by atoms with van der Waals surface area (Å²) >= 11 is 0. The highest BCUT2D eigenvalue weighted by Crippen LogP contribution is 2.16. The van der Waals surface area contributed by atoms with E-state index in [-0.39, 0.29) is 11.4 Å². The predicted octanol–water partition coefficient (Wildman–Crippen LogP) is 0.0948. The molecule has 7 heteroatoms. The number of nitrogens with zero attached hydrogens (tertiary/aromatic N) is 1. The zero-order valence-corrected chi connectivity index (χ0v) is 11.7. The van der Waals surface area contributed by atoms with E-state index in [0.29, 0.717) is 17.2 Å². The second-order valence-corrected chi connectivity index (χ2v) is 4.96. The van der Waals surface area contributed by atoms with Crippen LogP contribution in [0.3, 0.4) is 0 Å². The van der Waals surface area contributed by atoms with E-state index in [1.165, 1.54) is 12.4 Å². The van der Waals surface area contributed by atoms with Gasteiger partial charge < -0.3 is 27.5 Å². The lowest BCUT2D eigenvalue weighted by Crippen LogP contribution is -2.37. The van der Waals surface area contributed by atoms with Crippen LogP contribution in [0.4, 0.5) is 5.82 Å². The first-order chi connectivity index (χ1) is 10.1. The third-order valence-corrected chi connectivity index (χ3v) is 3.49. The fraction of sp³-hybridized carbons (Fsp3) is 0.357. The summed E-state index contributed by atoms with van der Waals surface area (Å²) in [5.74, 6) is -0.528. The second-order valence-electron chi connectivity index (χ2n) is 4.96. The topological polar surface area (TPSA) is 130 Å². The van der Waals surface area contributed by atoms with E-state index >= 15 is 0 Å². The minimum absolute atomic E-state index is 0.0990. The number of carbonyl (C=O) groups is 1. The molecule has 0 aliphatic carbocycles. The van der Waals surface area contributed by atoms with Crippen LogP contribution in [0.15, 0.2) is 18.5 Å². The fourth-order valence-corrected chi connectivity index (χ4v) is 2.24. The quantitative estimate of drug-likeness (QED) is 0.490. The molecule has 0 atom stereocenters. The Hall–Kier alpha value is -2.41. The average molecular weight is 288 g/mol. The summed E-state index contributed by atoms with van der Waals surface area (Å²) in [6, 6.07) is 1.95. The molecule has 7 N–H and O–H groups in total. The van der Waals surface area contributed by atoms with Gasteiger partial charge in [0.25, 0.3) is 5.91 Å². The van der Waals surface area contributed by atoms with Crippen molar-refractivity contribution >= 4 is 23.5 Å². The standard InChI is InChI=1S/C14H20N6O/c15-6-10(8-19-11-1-3-18-4-2-11)9-5-12(14(17)21)13(16)20-7-9/h5-8,11,15,18-19H,1-4H2,(H2,16,20)(H2,17,21)/b10-8+,15-6?. The number of hydrogen-bond donors (Lipinski definition) is 5. The zero-order chi connectivity index (χ0) is 15.2. The molecule has 0 unspecified atom stereocenters. The van der Waals surface area contributed by atoms with Gasteiger partial charge >= 0.3 is 0 Å². The van der Waals surface area contributed by atoms with Crippen molar-refractivity contribution in [3.05, 3.63) is 29.6 Å². The van der Waals surface area contributed by atoms with Gasteiger partial charge in [0, 0.05) is 35.8 Å². The van der Waals surface area contributed by atoms with Crippen molar-refractivity contribution in [2.45, 2.75) is 18.9 Å². The Kier molecular flexibility index (Phi) is 4.89. The predicted molar refractivity (Wildman–Crippen MR) is 83.0 cm³/mol. The summed E-state index contributed by atoms with van der Waals surface area (Å²) < 4.78 is 0. The van der Waals surface area contributed by atoms with Crippen molar-refractivity contribution in [1.82, 2.24) is 15.6 Å². The summed E-state index contributed by atoms with van der Waals surface area (Å²) in [6.45, 7) is 1.97. The van der Waals surface area contributed by atoms with Crippen molar-refractivity contribution < 1.29 is 4.79 Å². The van der Waals surface area contributed by atoms with Crippen molar-refractivity contribution in [3.8, 4) is 0 Å². The van der Waals surface area contributed by atoms with Gasteiger partial charge in [-0.15, -0.1) is 0 Å². The molecule has 1 fully saturated rings. The number of amides is 1. The molecule has 1 amide bonds. The molecular weight excluding hydrogens is 268 g/mol. The molecule has 2 heterocycles. The Morgan fingerprint density at radius 2 is 2.19 bits per heavy atom. The number of rotatable bonds is 5. The third kappa shape index (κ3) is 3.79. The van der Waals surface area contributed by atoms with Gasteiger partial charge in [0.2, 0.25) is 0 Å². The van der Waals surface area contributed by atoms with Crippen LogP contribution in [-0.2, 0) is 0 Å². The molecular formula is C14H20N6O. The van der Waals surface area contributed by atoms with Crippen LogP contribution in [0.2, 0.25) is 0 Å². The summed E-state index contributed by atoms with van der Waals surface area (Å²) in [5.41, 5.74) is 12.3. The third-order valence-electron chi connectivity index (χ3n) is 3.49. The number of nitrogens with one attached hydrogen (secondary N) is 3. The summed E-state index contributed by atoms with van der Waals surface area (Å²) in [5, 5.41) is 14.1. The van der Waals surface area contributed by atoms with E-state index in [9.17, 15) is 4.79 Å². The van der Waals surface area contributed by atoms with Gasteiger partial charge in [-0.25, -0.2) is 4.98 Å². The van der Waals surface area contributed by atoms with Crippen LogP contribution in [-0.4, -0.2) is 36.2 Å². The number of primary amides is 1. The minimum Gasteiger partial charge on any atom is -0.388 e. The van der Waals surface area contributed by atoms with Crippen molar-refractivity contribution in [2.75, 3.05) is 18.8 Å². The Bertz CT molecular complexity index is 563. The van der Waals surface area contributed by atoms with Crippen LogP contribution in [0.5, 0.6) is 0 Å². The van der Waals surface area contributed by atoms with Gasteiger partial charge in [0.1, 0.15) is 5.82 Å². The number of nitrogen functional groups attached to an aromatic ring is 1. The minimum atomic E-state index is -0.627. The maximum absolute atomic E-state index is 11.3. The Morgan fingerprint density at radius 3 is 2.81 bits per heavy atom. The molecule has 2 rings (SSSR count). The molecule has 112 valence electrons. The molecule has 0 bridgehead atoms. The van der Waals surface area contributed by atoms with E-state index in [4.69, 9.17) is 16.9 Å². The number of piperidine rings is 1. The molecule has 1 aliphatic heterocycles. The summed E-state index contributed by atoms with van der Waals surface area (Å²) in [4.78, 5) is 15.3. The number of allylic oxidation sites excluding steroid dienone is 1. The number of carbonyl (C=O) groups excluding carboxylic acids is 1. The molecule has 0 saturated carbocycles. The van der Waals surface area contributed by atoms with Crippen LogP contribution in [0.25, 0.3) is 5.57 Å². The van der Waals surface area contributed by atoms with Gasteiger partial charge in [-0.3, -0.25) is 4.79 Å². The van der Waals surface area contributed by atoms with Crippen molar-refractivity contribution in [2.24, 2.45) is 5.73 Å². The molecule has 1 aromatic rings. The SMILES string of the molecule is N=C/C(=C\NC1CCNCC1)c1cnc(N)c(C(N)=O)c1. The normalized spacial score (nSPS) is 16.5. The first kappa shape index (κ1) is 15.0. The maximum Gasteiger partial charge on any atom is 0.252 e. The van der Waals surface area contributed by atoms with Crippen molar-refractivity contribution in [3.63, 3.8) is 0 Å². The van der Waals surface area contributed by atoms with Crippen molar-refractivity contribution in [1.29, 1.82) is 5.41 Å². The highest BCUT2D eigenvalue weighted by atomic mass is 16.1. The maximum atomic E-state index is 11.3. The fourth-order valence-electron chi connectivity index (χ4n) is 2.24. The number of aromatic nitrogens is 1. The number of pyridine rings is 1. The highest BCUT2D eigenvalue weighted by molar-refractivity contribution is 6.09. The van der Waals surface area contributed by atoms with Crippen LogP contribution in [0.1, 0.15) is 28.8 Å². The molecule has 1 aromatic heterocycles. The Balaban J connectivity index is 2.18. The number of hydrogen-bond acceptors (Lipinski definition) is 6. The smallest absolute Gasteiger partial charge is 0.252 e. The molecule has 7 nitrogen and oxygen atoms in total. The van der Waals surface area contributed by atoms with E-state index < -0.39 is 5.91 Å². The van der Waals surface area contributed by atoms with Crippen LogP contribution >= 0.6 is 0 Å². The first-order valence-corrected chi connectivity index (χ1v) is 6.85. The monoisotopic (exact) mass is 288 g/mol. The molecule has 21 heavy (non-hydrogen) atoms. The average Bonchev–Trinajstić information content (AvgIpc) is 2.50. The molecule has 0 spiro atoms. The van der Waals surface area contributed by atoms with E-state index in [1.54, 1.807) is 12.3 Å². The van der Waals surface area contributed by atoms with Crippen LogP contribution < -0.4 is 22.1 Å². The molecule has 0 radical (unpaired) electrons. The number of anilines is 1. The second kappa shape index (κ2) is 6.85. The highest BCUT2D eigenvalue weighted by Gasteiger charge is 2.12. The molecule has 1 saturated heterocycles. The van der Waals surface area contributed by atoms with Gasteiger partial charge in [-0.05, 0) is 32.0 Å². The van der Waals surface area contributed by atoms with Gasteiger partial charge in [-0.1, -0.05) is 0 Å². The van der Waals surface area contributed by atoms with Gasteiger partial charge in [0.05, 0.1) is 5.56 Å². The van der Waals surface area contributed by atoms with E-state index in [0.717, 1.165) is 25.9 Å². The van der Waals surface area contributed by atoms with E-state index in [1.807, 2.05) is 0 Å². The Morgan fingerprint density at radius 1 is 1.48 bits per heavy atom. The number of nitrogens with two attached hydrogens (primary N) is 2. The lowest BCUT2D eigenvalue weighted by atomic mass is 10.1. The van der Waals surface area contributed by atoms with Crippen LogP contribution in [0, 0.1) is 5.41 Å². The lowest BCUT2D eigenvalue weighted by Gasteiger charge is -2.23. The molecule has 0 aromatic carbocycles. The first-order valence-electron chi connectivity index (χ1n) is 6.85. The van der Waals surface area contributed by atoms with E-state index in [2.05, 4.69) is 15.6 Å². The molecule has 1 aliphatic rings.